The third-order valence-electron chi connectivity index (χ3n) is 5.32. The number of aliphatic hydroxyl groups excluding tert-OH is 1. The third-order valence-corrected chi connectivity index (χ3v) is 7.02. The number of aryl methyl sites for hydroxylation is 1. The van der Waals surface area contributed by atoms with Crippen LogP contribution in [0.3, 0.4) is 0 Å². The van der Waals surface area contributed by atoms with Crippen LogP contribution in [0.1, 0.15) is 40.1 Å². The zero-order valence-electron chi connectivity index (χ0n) is 20.3. The van der Waals surface area contributed by atoms with Gasteiger partial charge in [-0.05, 0) is 50.2 Å². The Bertz CT molecular complexity index is 1270. The molecule has 36 heavy (non-hydrogen) atoms. The molecule has 0 saturated carbocycles. The van der Waals surface area contributed by atoms with Crippen LogP contribution >= 0.6 is 0 Å². The van der Waals surface area contributed by atoms with E-state index in [9.17, 15) is 8.60 Å². The second-order valence-corrected chi connectivity index (χ2v) is 9.81. The summed E-state index contributed by atoms with van der Waals surface area (Å²) in [6.07, 6.45) is 2.00. The first-order valence-corrected chi connectivity index (χ1v) is 12.2. The van der Waals surface area contributed by atoms with Gasteiger partial charge in [-0.15, -0.1) is 0 Å². The van der Waals surface area contributed by atoms with E-state index in [1.165, 1.54) is 12.1 Å². The van der Waals surface area contributed by atoms with E-state index in [2.05, 4.69) is 15.3 Å². The maximum absolute atomic E-state index is 14.4. The fourth-order valence-corrected chi connectivity index (χ4v) is 4.54. The van der Waals surface area contributed by atoms with E-state index in [4.69, 9.17) is 20.7 Å². The fraction of sp³-hybridized carbons (Fsp3) is 0.280. The number of rotatable bonds is 9. The molecule has 6 N–H and O–H groups in total. The summed E-state index contributed by atoms with van der Waals surface area (Å²) in [5, 5.41) is 28.3. The van der Waals surface area contributed by atoms with Gasteiger partial charge >= 0.3 is 0 Å². The molecule has 0 saturated heterocycles. The highest BCUT2D eigenvalue weighted by atomic mass is 32.2. The van der Waals surface area contributed by atoms with Gasteiger partial charge in [0.1, 0.15) is 11.5 Å². The Kier molecular flexibility index (Phi) is 10.5. The van der Waals surface area contributed by atoms with Crippen molar-refractivity contribution in [3.05, 3.63) is 77.0 Å². The molecule has 2 atom stereocenters. The molecule has 0 aliphatic heterocycles. The largest absolute Gasteiger partial charge is 0.419 e. The first-order valence-electron chi connectivity index (χ1n) is 11.0. The van der Waals surface area contributed by atoms with Gasteiger partial charge < -0.3 is 20.6 Å². The minimum Gasteiger partial charge on any atom is -0.419 e. The first-order chi connectivity index (χ1) is 16.7. The SMILES string of the molecule is CNCc1ccc(C(=N)OC(=N)c2nc(-c3ccc(S(=O)C(C)CCO)cc3)cnc2C)c(F)c1.O.[HH].[HH].[HH]. The molecule has 0 aliphatic carbocycles. The summed E-state index contributed by atoms with van der Waals surface area (Å²) in [6, 6.07) is 11.4. The van der Waals surface area contributed by atoms with Crippen molar-refractivity contribution < 1.29 is 28.2 Å². The zero-order valence-corrected chi connectivity index (χ0v) is 21.1. The first kappa shape index (κ1) is 28.9. The van der Waals surface area contributed by atoms with Gasteiger partial charge in [-0.25, -0.2) is 9.37 Å². The monoisotopic (exact) mass is 521 g/mol. The Balaban J connectivity index is 0. The maximum Gasteiger partial charge on any atom is 0.241 e. The Morgan fingerprint density at radius 2 is 1.92 bits per heavy atom. The Labute approximate surface area is 216 Å². The number of aliphatic hydroxyl groups is 1. The molecular formula is C25H36FN5O4S. The van der Waals surface area contributed by atoms with E-state index >= 15 is 0 Å². The minimum absolute atomic E-state index is 0. The summed E-state index contributed by atoms with van der Waals surface area (Å²) < 4.78 is 32.3. The third kappa shape index (κ3) is 6.85. The summed E-state index contributed by atoms with van der Waals surface area (Å²) in [5.74, 6) is -1.53. The summed E-state index contributed by atoms with van der Waals surface area (Å²) >= 11 is 0. The van der Waals surface area contributed by atoms with Gasteiger partial charge in [-0.1, -0.05) is 25.1 Å². The van der Waals surface area contributed by atoms with Gasteiger partial charge in [-0.3, -0.25) is 20.0 Å². The molecule has 0 fully saturated rings. The molecule has 0 radical (unpaired) electrons. The molecule has 2 aromatic carbocycles. The molecule has 0 amide bonds. The van der Waals surface area contributed by atoms with Gasteiger partial charge in [0, 0.05) is 33.1 Å². The van der Waals surface area contributed by atoms with Crippen molar-refractivity contribution in [2.45, 2.75) is 37.0 Å². The average molecular weight is 522 g/mol. The number of ether oxygens (including phenoxy) is 1. The number of aromatic nitrogens is 2. The fourth-order valence-electron chi connectivity index (χ4n) is 3.35. The molecular weight excluding hydrogens is 485 g/mol. The van der Waals surface area contributed by atoms with Gasteiger partial charge in [0.25, 0.3) is 0 Å². The quantitative estimate of drug-likeness (QED) is 0.249. The van der Waals surface area contributed by atoms with Crippen molar-refractivity contribution in [2.24, 2.45) is 0 Å². The Hall–Kier alpha value is -3.38. The lowest BCUT2D eigenvalue weighted by atomic mass is 10.1. The van der Waals surface area contributed by atoms with Crippen molar-refractivity contribution >= 4 is 22.6 Å². The lowest BCUT2D eigenvalue weighted by molar-refractivity contribution is 0.288. The molecule has 1 aromatic heterocycles. The van der Waals surface area contributed by atoms with E-state index in [0.717, 1.165) is 5.56 Å². The summed E-state index contributed by atoms with van der Waals surface area (Å²) in [5.41, 5.74) is 2.38. The number of halogens is 1. The standard InChI is InChI=1S/C25H28FN5O3S.H2O.3H2/c1-15(10-11-32)35(33)19-7-5-18(6-8-19)22-14-30-16(2)23(31-22)25(28)34-24(27)20-9-4-17(13-29-3)12-21(20)26;;;;/h4-9,12,14-15,27-29,32H,10-11,13H2,1-3H3;1H2;3*1H. The van der Waals surface area contributed by atoms with E-state index in [1.807, 2.05) is 6.92 Å². The van der Waals surface area contributed by atoms with Crippen LogP contribution in [0, 0.1) is 23.6 Å². The smallest absolute Gasteiger partial charge is 0.241 e. The van der Waals surface area contributed by atoms with Crippen LogP contribution in [0.5, 0.6) is 0 Å². The molecule has 0 spiro atoms. The van der Waals surface area contributed by atoms with Gasteiger partial charge in [0.15, 0.2) is 0 Å². The zero-order chi connectivity index (χ0) is 25.5. The lowest BCUT2D eigenvalue weighted by Gasteiger charge is -2.12. The molecule has 1 heterocycles. The van der Waals surface area contributed by atoms with Crippen molar-refractivity contribution in [3.8, 4) is 11.3 Å². The highest BCUT2D eigenvalue weighted by Crippen LogP contribution is 2.22. The molecule has 2 unspecified atom stereocenters. The van der Waals surface area contributed by atoms with Crippen LogP contribution in [0.2, 0.25) is 0 Å². The average Bonchev–Trinajstić information content (AvgIpc) is 2.84. The van der Waals surface area contributed by atoms with E-state index in [0.29, 0.717) is 34.8 Å². The highest BCUT2D eigenvalue weighted by molar-refractivity contribution is 7.85. The number of benzene rings is 2. The van der Waals surface area contributed by atoms with Crippen molar-refractivity contribution in [1.82, 2.24) is 15.3 Å². The molecule has 0 bridgehead atoms. The second kappa shape index (κ2) is 13.1. The molecule has 9 nitrogen and oxygen atoms in total. The second-order valence-electron chi connectivity index (χ2n) is 7.94. The van der Waals surface area contributed by atoms with Gasteiger partial charge in [0.05, 0.1) is 33.9 Å². The summed E-state index contributed by atoms with van der Waals surface area (Å²) in [6.45, 7) is 3.95. The van der Waals surface area contributed by atoms with Crippen molar-refractivity contribution in [2.75, 3.05) is 13.7 Å². The normalized spacial score (nSPS) is 12.4. The molecule has 11 heteroatoms. The molecule has 3 aromatic rings. The van der Waals surface area contributed by atoms with E-state index < -0.39 is 28.4 Å². The number of nitrogens with one attached hydrogen (secondary N) is 3. The van der Waals surface area contributed by atoms with Crippen LogP contribution in [-0.2, 0) is 22.1 Å². The van der Waals surface area contributed by atoms with Crippen LogP contribution in [0.4, 0.5) is 4.39 Å². The van der Waals surface area contributed by atoms with Crippen molar-refractivity contribution in [1.29, 1.82) is 10.8 Å². The maximum atomic E-state index is 14.4. The molecule has 198 valence electrons. The number of hydrogen-bond acceptors (Lipinski definition) is 8. The number of nitrogens with zero attached hydrogens (tertiary/aromatic N) is 2. The van der Waals surface area contributed by atoms with Crippen LogP contribution in [0.25, 0.3) is 11.3 Å². The minimum atomic E-state index is -1.25. The predicted octanol–water partition coefficient (Wildman–Crippen LogP) is 3.47. The Morgan fingerprint density at radius 1 is 1.22 bits per heavy atom. The summed E-state index contributed by atoms with van der Waals surface area (Å²) in [4.78, 5) is 9.40. The van der Waals surface area contributed by atoms with Crippen LogP contribution in [-0.4, -0.2) is 55.5 Å². The van der Waals surface area contributed by atoms with E-state index in [1.54, 1.807) is 50.5 Å². The molecule has 0 aliphatic rings. The topological polar surface area (TPSA) is 164 Å². The highest BCUT2D eigenvalue weighted by Gasteiger charge is 2.18. The van der Waals surface area contributed by atoms with E-state index in [-0.39, 0.29) is 32.9 Å². The van der Waals surface area contributed by atoms with Crippen LogP contribution < -0.4 is 5.32 Å². The van der Waals surface area contributed by atoms with Crippen LogP contribution in [0.15, 0.2) is 53.6 Å². The lowest BCUT2D eigenvalue weighted by Crippen LogP contribution is -2.17. The Morgan fingerprint density at radius 3 is 2.53 bits per heavy atom. The summed E-state index contributed by atoms with van der Waals surface area (Å²) in [7, 11) is 0.509. The van der Waals surface area contributed by atoms with Gasteiger partial charge in [-0.2, -0.15) is 0 Å². The van der Waals surface area contributed by atoms with Gasteiger partial charge in [0.2, 0.25) is 11.8 Å². The number of hydrogen-bond donors (Lipinski definition) is 4. The predicted molar refractivity (Wildman–Crippen MR) is 144 cm³/mol. The molecule has 3 rings (SSSR count). The van der Waals surface area contributed by atoms with Crippen molar-refractivity contribution in [3.63, 3.8) is 0 Å².